The van der Waals surface area contributed by atoms with Gasteiger partial charge in [0.15, 0.2) is 0 Å². The molecule has 0 spiro atoms. The van der Waals surface area contributed by atoms with E-state index in [1.54, 1.807) is 0 Å². The second kappa shape index (κ2) is 5.08. The highest BCUT2D eigenvalue weighted by Crippen LogP contribution is 2.39. The largest absolute Gasteiger partial charge is 0.507 e. The summed E-state index contributed by atoms with van der Waals surface area (Å²) in [5.41, 5.74) is 0. The topological polar surface area (TPSA) is 29.5 Å². The average molecular weight is 286 g/mol. The van der Waals surface area contributed by atoms with Crippen LogP contribution in [0.2, 0.25) is 0 Å². The molecule has 1 N–H and O–H groups in total. The van der Waals surface area contributed by atoms with Crippen molar-refractivity contribution in [2.75, 3.05) is 0 Å². The van der Waals surface area contributed by atoms with Crippen LogP contribution in [0, 0.1) is 0 Å². The Kier molecular flexibility index (Phi) is 2.94. The van der Waals surface area contributed by atoms with Crippen LogP contribution >= 0.6 is 0 Å². The molecule has 0 aliphatic carbocycles. The van der Waals surface area contributed by atoms with E-state index < -0.39 is 0 Å². The maximum Gasteiger partial charge on any atom is 0.135 e. The quantitative estimate of drug-likeness (QED) is 0.494. The van der Waals surface area contributed by atoms with E-state index in [4.69, 9.17) is 4.74 Å². The summed E-state index contributed by atoms with van der Waals surface area (Å²) in [7, 11) is 0. The van der Waals surface area contributed by atoms with Gasteiger partial charge in [-0.15, -0.1) is 0 Å². The van der Waals surface area contributed by atoms with Crippen molar-refractivity contribution in [3.8, 4) is 17.2 Å². The van der Waals surface area contributed by atoms with Gasteiger partial charge in [-0.05, 0) is 29.7 Å². The van der Waals surface area contributed by atoms with Crippen molar-refractivity contribution >= 4 is 21.5 Å². The van der Waals surface area contributed by atoms with E-state index >= 15 is 0 Å². The Morgan fingerprint density at radius 3 is 2.23 bits per heavy atom. The molecule has 4 aromatic carbocycles. The lowest BCUT2D eigenvalue weighted by Crippen LogP contribution is -1.86. The molecule has 2 nitrogen and oxygen atoms in total. The number of benzene rings is 4. The Bertz CT molecular complexity index is 959. The lowest BCUT2D eigenvalue weighted by atomic mass is 10.0. The fourth-order valence-corrected chi connectivity index (χ4v) is 2.74. The molecular weight excluding hydrogens is 272 g/mol. The predicted molar refractivity (Wildman–Crippen MR) is 89.6 cm³/mol. The van der Waals surface area contributed by atoms with Crippen LogP contribution in [0.25, 0.3) is 21.5 Å². The van der Waals surface area contributed by atoms with E-state index in [-0.39, 0.29) is 0 Å². The van der Waals surface area contributed by atoms with E-state index in [0.29, 0.717) is 5.75 Å². The van der Waals surface area contributed by atoms with Gasteiger partial charge in [-0.25, -0.2) is 0 Å². The molecule has 2 heteroatoms. The minimum absolute atomic E-state index is 0.298. The summed E-state index contributed by atoms with van der Waals surface area (Å²) >= 11 is 0. The molecule has 0 saturated carbocycles. The maximum atomic E-state index is 10.5. The number of hydrogen-bond acceptors (Lipinski definition) is 2. The molecule has 0 aromatic heterocycles. The van der Waals surface area contributed by atoms with E-state index in [9.17, 15) is 5.11 Å². The zero-order valence-electron chi connectivity index (χ0n) is 11.9. The summed E-state index contributed by atoms with van der Waals surface area (Å²) in [5.74, 6) is 1.82. The van der Waals surface area contributed by atoms with Crippen molar-refractivity contribution in [1.29, 1.82) is 0 Å². The Morgan fingerprint density at radius 1 is 0.636 bits per heavy atom. The van der Waals surface area contributed by atoms with Gasteiger partial charge in [-0.2, -0.15) is 0 Å². The first kappa shape index (κ1) is 12.7. The summed E-state index contributed by atoms with van der Waals surface area (Å²) in [6.45, 7) is 0. The first-order valence-electron chi connectivity index (χ1n) is 7.19. The summed E-state index contributed by atoms with van der Waals surface area (Å²) in [4.78, 5) is 0. The van der Waals surface area contributed by atoms with Crippen LogP contribution in [-0.4, -0.2) is 5.11 Å². The van der Waals surface area contributed by atoms with Gasteiger partial charge in [0, 0.05) is 16.2 Å². The number of ether oxygens (including phenoxy) is 1. The third-order valence-electron chi connectivity index (χ3n) is 3.81. The first-order valence-corrected chi connectivity index (χ1v) is 7.19. The minimum atomic E-state index is 0.298. The highest BCUT2D eigenvalue weighted by atomic mass is 16.5. The number of phenols is 1. The van der Waals surface area contributed by atoms with Gasteiger partial charge in [-0.3, -0.25) is 0 Å². The first-order chi connectivity index (χ1) is 10.8. The second-order valence-electron chi connectivity index (χ2n) is 5.21. The zero-order chi connectivity index (χ0) is 14.9. The van der Waals surface area contributed by atoms with Crippen molar-refractivity contribution in [2.45, 2.75) is 0 Å². The van der Waals surface area contributed by atoms with Crippen LogP contribution in [0.1, 0.15) is 0 Å². The highest BCUT2D eigenvalue weighted by molar-refractivity contribution is 6.07. The number of aromatic hydroxyl groups is 1. The molecule has 0 unspecified atom stereocenters. The van der Waals surface area contributed by atoms with Gasteiger partial charge >= 0.3 is 0 Å². The second-order valence-corrected chi connectivity index (χ2v) is 5.21. The average Bonchev–Trinajstić information content (AvgIpc) is 2.57. The van der Waals surface area contributed by atoms with Crippen LogP contribution in [0.5, 0.6) is 17.2 Å². The fraction of sp³-hybridized carbons (Fsp3) is 0. The molecule has 0 radical (unpaired) electrons. The van der Waals surface area contributed by atoms with E-state index in [1.165, 1.54) is 0 Å². The van der Waals surface area contributed by atoms with Gasteiger partial charge in [0.05, 0.1) is 0 Å². The number of hydrogen-bond donors (Lipinski definition) is 1. The van der Waals surface area contributed by atoms with Crippen LogP contribution < -0.4 is 4.74 Å². The molecule has 22 heavy (non-hydrogen) atoms. The molecule has 0 amide bonds. The van der Waals surface area contributed by atoms with Crippen molar-refractivity contribution in [3.63, 3.8) is 0 Å². The summed E-state index contributed by atoms with van der Waals surface area (Å²) in [6.07, 6.45) is 0. The van der Waals surface area contributed by atoms with Gasteiger partial charge < -0.3 is 9.84 Å². The van der Waals surface area contributed by atoms with Crippen LogP contribution in [0.3, 0.4) is 0 Å². The number of para-hydroxylation sites is 1. The molecule has 0 aliphatic heterocycles. The molecule has 0 atom stereocenters. The zero-order valence-corrected chi connectivity index (χ0v) is 11.9. The van der Waals surface area contributed by atoms with Gasteiger partial charge in [0.1, 0.15) is 17.2 Å². The molecule has 0 aliphatic rings. The lowest BCUT2D eigenvalue weighted by Gasteiger charge is -2.11. The minimum Gasteiger partial charge on any atom is -0.507 e. The SMILES string of the molecule is Oc1c2ccccc2cc2c(Oc3ccccc3)cccc12. The van der Waals surface area contributed by atoms with Crippen molar-refractivity contribution in [2.24, 2.45) is 0 Å². The fourth-order valence-electron chi connectivity index (χ4n) is 2.74. The monoisotopic (exact) mass is 286 g/mol. The van der Waals surface area contributed by atoms with Crippen LogP contribution in [0.15, 0.2) is 78.9 Å². The number of fused-ring (bicyclic) bond motifs is 2. The third-order valence-corrected chi connectivity index (χ3v) is 3.81. The molecule has 106 valence electrons. The molecule has 4 rings (SSSR count). The molecule has 0 saturated heterocycles. The molecule has 0 bridgehead atoms. The number of phenolic OH excluding ortho intramolecular Hbond substituents is 1. The van der Waals surface area contributed by atoms with Gasteiger partial charge in [-0.1, -0.05) is 54.6 Å². The Morgan fingerprint density at radius 2 is 1.36 bits per heavy atom. The predicted octanol–water partition coefficient (Wildman–Crippen LogP) is 5.49. The van der Waals surface area contributed by atoms with E-state index in [0.717, 1.165) is 33.0 Å². The molecule has 0 heterocycles. The molecular formula is C20H14O2. The van der Waals surface area contributed by atoms with Gasteiger partial charge in [0.2, 0.25) is 0 Å². The Balaban J connectivity index is 1.96. The normalized spacial score (nSPS) is 10.9. The molecule has 4 aromatic rings. The highest BCUT2D eigenvalue weighted by Gasteiger charge is 2.10. The van der Waals surface area contributed by atoms with E-state index in [1.807, 2.05) is 72.8 Å². The van der Waals surface area contributed by atoms with Crippen molar-refractivity contribution in [3.05, 3.63) is 78.9 Å². The van der Waals surface area contributed by atoms with Crippen molar-refractivity contribution < 1.29 is 9.84 Å². The Labute approximate surface area is 128 Å². The van der Waals surface area contributed by atoms with Crippen LogP contribution in [-0.2, 0) is 0 Å². The van der Waals surface area contributed by atoms with Crippen molar-refractivity contribution in [1.82, 2.24) is 0 Å². The molecule has 0 fully saturated rings. The maximum absolute atomic E-state index is 10.5. The summed E-state index contributed by atoms with van der Waals surface area (Å²) < 4.78 is 5.98. The third kappa shape index (κ3) is 2.06. The lowest BCUT2D eigenvalue weighted by molar-refractivity contribution is 0.483. The smallest absolute Gasteiger partial charge is 0.135 e. The van der Waals surface area contributed by atoms with Crippen LogP contribution in [0.4, 0.5) is 0 Å². The summed E-state index contributed by atoms with van der Waals surface area (Å²) in [6, 6.07) is 25.3. The number of rotatable bonds is 2. The Hall–Kier alpha value is -3.00. The standard InChI is InChI=1S/C20H14O2/c21-20-16-10-5-4-7-14(16)13-18-17(20)11-6-12-19(18)22-15-8-2-1-3-9-15/h1-13,21H. The summed E-state index contributed by atoms with van der Waals surface area (Å²) in [5, 5.41) is 14.1. The van der Waals surface area contributed by atoms with E-state index in [2.05, 4.69) is 6.07 Å². The van der Waals surface area contributed by atoms with Gasteiger partial charge in [0.25, 0.3) is 0 Å².